The highest BCUT2D eigenvalue weighted by Gasteiger charge is 2.12. The van der Waals surface area contributed by atoms with E-state index in [1.165, 1.54) is 0 Å². The smallest absolute Gasteiger partial charge is 0.180 e. The number of nitrogens with one attached hydrogen (secondary N) is 1. The number of rotatable bonds is 1. The van der Waals surface area contributed by atoms with Crippen LogP contribution in [0.15, 0.2) is 24.5 Å². The maximum Gasteiger partial charge on any atom is 0.180 e. The van der Waals surface area contributed by atoms with Gasteiger partial charge < -0.3 is 10.2 Å². The maximum atomic E-state index is 4.52. The first-order valence-corrected chi connectivity index (χ1v) is 5.47. The van der Waals surface area contributed by atoms with Gasteiger partial charge in [-0.2, -0.15) is 0 Å². The number of hydrogen-bond donors (Lipinski definition) is 1. The van der Waals surface area contributed by atoms with Crippen molar-refractivity contribution >= 4 is 17.0 Å². The van der Waals surface area contributed by atoms with E-state index in [0.29, 0.717) is 0 Å². The van der Waals surface area contributed by atoms with E-state index in [4.69, 9.17) is 0 Å². The van der Waals surface area contributed by atoms with Gasteiger partial charge in [0.15, 0.2) is 5.65 Å². The van der Waals surface area contributed by atoms with Crippen LogP contribution < -0.4 is 10.2 Å². The molecule has 0 unspecified atom stereocenters. The summed E-state index contributed by atoms with van der Waals surface area (Å²) in [6.07, 6.45) is 3.58. The lowest BCUT2D eigenvalue weighted by Gasteiger charge is -2.27. The summed E-state index contributed by atoms with van der Waals surface area (Å²) in [7, 11) is 0. The van der Waals surface area contributed by atoms with E-state index in [2.05, 4.69) is 25.2 Å². The standard InChI is InChI=1S/C11H13N5/c1-2-9-11(13-3-1)15-10(8-14-9)16-6-4-12-5-7-16/h1-3,8,12H,4-7H2. The molecular weight excluding hydrogens is 202 g/mol. The molecule has 2 aromatic rings. The lowest BCUT2D eigenvalue weighted by atomic mass is 10.3. The van der Waals surface area contributed by atoms with Gasteiger partial charge in [-0.15, -0.1) is 0 Å². The quantitative estimate of drug-likeness (QED) is 0.748. The number of hydrogen-bond acceptors (Lipinski definition) is 5. The fraction of sp³-hybridized carbons (Fsp3) is 0.364. The molecule has 0 aromatic carbocycles. The SMILES string of the molecule is c1cnc2nc(N3CCNCC3)cnc2c1. The van der Waals surface area contributed by atoms with Crippen molar-refractivity contribution in [1.82, 2.24) is 20.3 Å². The molecule has 1 aliphatic heterocycles. The zero-order chi connectivity index (χ0) is 10.8. The Morgan fingerprint density at radius 1 is 1.19 bits per heavy atom. The summed E-state index contributed by atoms with van der Waals surface area (Å²) in [5.74, 6) is 0.924. The van der Waals surface area contributed by atoms with Crippen molar-refractivity contribution in [3.63, 3.8) is 0 Å². The minimum Gasteiger partial charge on any atom is -0.353 e. The average Bonchev–Trinajstić information content (AvgIpc) is 2.39. The Morgan fingerprint density at radius 3 is 2.94 bits per heavy atom. The third kappa shape index (κ3) is 1.69. The number of pyridine rings is 1. The van der Waals surface area contributed by atoms with Gasteiger partial charge in [0.25, 0.3) is 0 Å². The zero-order valence-electron chi connectivity index (χ0n) is 8.93. The van der Waals surface area contributed by atoms with E-state index in [-0.39, 0.29) is 0 Å². The Bertz CT molecular complexity index is 492. The molecule has 0 aliphatic carbocycles. The van der Waals surface area contributed by atoms with Gasteiger partial charge in [-0.1, -0.05) is 0 Å². The number of fused-ring (bicyclic) bond motifs is 1. The van der Waals surface area contributed by atoms with Gasteiger partial charge in [0.2, 0.25) is 0 Å². The summed E-state index contributed by atoms with van der Waals surface area (Å²) >= 11 is 0. The second-order valence-electron chi connectivity index (χ2n) is 3.81. The second kappa shape index (κ2) is 4.02. The fourth-order valence-electron chi connectivity index (χ4n) is 1.89. The molecule has 5 heteroatoms. The van der Waals surface area contributed by atoms with Crippen LogP contribution in [-0.4, -0.2) is 41.1 Å². The Morgan fingerprint density at radius 2 is 2.06 bits per heavy atom. The molecule has 2 aromatic heterocycles. The summed E-state index contributed by atoms with van der Waals surface area (Å²) in [5, 5.41) is 3.32. The molecule has 82 valence electrons. The molecule has 0 spiro atoms. The van der Waals surface area contributed by atoms with Gasteiger partial charge in [-0.3, -0.25) is 0 Å². The average molecular weight is 215 g/mol. The first-order valence-electron chi connectivity index (χ1n) is 5.47. The van der Waals surface area contributed by atoms with Crippen LogP contribution in [0.5, 0.6) is 0 Å². The van der Waals surface area contributed by atoms with Crippen molar-refractivity contribution in [2.45, 2.75) is 0 Å². The normalized spacial score (nSPS) is 16.6. The van der Waals surface area contributed by atoms with Gasteiger partial charge in [-0.05, 0) is 12.1 Å². The van der Waals surface area contributed by atoms with Crippen LogP contribution in [0.1, 0.15) is 0 Å². The van der Waals surface area contributed by atoms with Crippen molar-refractivity contribution < 1.29 is 0 Å². The van der Waals surface area contributed by atoms with Crippen molar-refractivity contribution in [3.05, 3.63) is 24.5 Å². The number of nitrogens with zero attached hydrogens (tertiary/aromatic N) is 4. The highest BCUT2D eigenvalue weighted by atomic mass is 15.2. The summed E-state index contributed by atoms with van der Waals surface area (Å²) in [6.45, 7) is 3.96. The Hall–Kier alpha value is -1.75. The van der Waals surface area contributed by atoms with Crippen molar-refractivity contribution in [2.75, 3.05) is 31.1 Å². The molecule has 16 heavy (non-hydrogen) atoms. The van der Waals surface area contributed by atoms with Crippen LogP contribution in [0.25, 0.3) is 11.2 Å². The largest absolute Gasteiger partial charge is 0.353 e. The lowest BCUT2D eigenvalue weighted by Crippen LogP contribution is -2.43. The molecule has 0 bridgehead atoms. The molecule has 5 nitrogen and oxygen atoms in total. The van der Waals surface area contributed by atoms with Crippen LogP contribution in [0.3, 0.4) is 0 Å². The molecular formula is C11H13N5. The molecule has 3 heterocycles. The van der Waals surface area contributed by atoms with Gasteiger partial charge in [0.1, 0.15) is 11.3 Å². The van der Waals surface area contributed by atoms with E-state index in [0.717, 1.165) is 43.2 Å². The topological polar surface area (TPSA) is 53.9 Å². The molecule has 0 saturated carbocycles. The third-order valence-corrected chi connectivity index (χ3v) is 2.75. The second-order valence-corrected chi connectivity index (χ2v) is 3.81. The van der Waals surface area contributed by atoms with Crippen LogP contribution in [-0.2, 0) is 0 Å². The van der Waals surface area contributed by atoms with Gasteiger partial charge in [0, 0.05) is 32.4 Å². The predicted molar refractivity (Wildman–Crippen MR) is 62.4 cm³/mol. The van der Waals surface area contributed by atoms with Gasteiger partial charge in [-0.25, -0.2) is 15.0 Å². The highest BCUT2D eigenvalue weighted by molar-refractivity contribution is 5.70. The van der Waals surface area contributed by atoms with E-state index in [1.54, 1.807) is 6.20 Å². The van der Waals surface area contributed by atoms with Gasteiger partial charge in [0.05, 0.1) is 6.20 Å². The number of piperazine rings is 1. The Kier molecular flexibility index (Phi) is 2.38. The molecule has 1 N–H and O–H groups in total. The third-order valence-electron chi connectivity index (χ3n) is 2.75. The van der Waals surface area contributed by atoms with E-state index in [1.807, 2.05) is 18.3 Å². The molecule has 3 rings (SSSR count). The number of anilines is 1. The van der Waals surface area contributed by atoms with E-state index >= 15 is 0 Å². The zero-order valence-corrected chi connectivity index (χ0v) is 8.93. The molecule has 0 atom stereocenters. The molecule has 0 amide bonds. The van der Waals surface area contributed by atoms with Crippen LogP contribution >= 0.6 is 0 Å². The van der Waals surface area contributed by atoms with E-state index in [9.17, 15) is 0 Å². The van der Waals surface area contributed by atoms with Crippen molar-refractivity contribution in [2.24, 2.45) is 0 Å². The summed E-state index contributed by atoms with van der Waals surface area (Å²) < 4.78 is 0. The summed E-state index contributed by atoms with van der Waals surface area (Å²) in [4.78, 5) is 15.3. The maximum absolute atomic E-state index is 4.52. The molecule has 1 fully saturated rings. The van der Waals surface area contributed by atoms with Crippen LogP contribution in [0.4, 0.5) is 5.82 Å². The first-order chi connectivity index (χ1) is 7.93. The predicted octanol–water partition coefficient (Wildman–Crippen LogP) is 0.434. The highest BCUT2D eigenvalue weighted by Crippen LogP contribution is 2.13. The van der Waals surface area contributed by atoms with E-state index < -0.39 is 0 Å². The van der Waals surface area contributed by atoms with Crippen molar-refractivity contribution in [3.8, 4) is 0 Å². The first kappa shape index (κ1) is 9.47. The van der Waals surface area contributed by atoms with Crippen LogP contribution in [0.2, 0.25) is 0 Å². The summed E-state index contributed by atoms with van der Waals surface area (Å²) in [6, 6.07) is 3.80. The van der Waals surface area contributed by atoms with Gasteiger partial charge >= 0.3 is 0 Å². The minimum atomic E-state index is 0.721. The number of aromatic nitrogens is 3. The lowest BCUT2D eigenvalue weighted by molar-refractivity contribution is 0.585. The Labute approximate surface area is 93.5 Å². The molecule has 1 aliphatic rings. The van der Waals surface area contributed by atoms with Crippen LogP contribution in [0, 0.1) is 0 Å². The van der Waals surface area contributed by atoms with Crippen molar-refractivity contribution in [1.29, 1.82) is 0 Å². The fourth-order valence-corrected chi connectivity index (χ4v) is 1.89. The molecule has 1 saturated heterocycles. The molecule has 0 radical (unpaired) electrons. The monoisotopic (exact) mass is 215 g/mol. The summed E-state index contributed by atoms with van der Waals surface area (Å²) in [5.41, 5.74) is 1.57. The Balaban J connectivity index is 1.97. The minimum absolute atomic E-state index is 0.721.